The summed E-state index contributed by atoms with van der Waals surface area (Å²) in [5, 5.41) is 3.31. The number of carbonyl (C=O) groups is 1. The van der Waals surface area contributed by atoms with Crippen LogP contribution in [-0.2, 0) is 11.2 Å². The van der Waals surface area contributed by atoms with Gasteiger partial charge in [0.2, 0.25) is 0 Å². The second-order valence-electron chi connectivity index (χ2n) is 3.98. The predicted octanol–water partition coefficient (Wildman–Crippen LogP) is 1.30. The molecular formula is C12H16N2O2. The van der Waals surface area contributed by atoms with Crippen LogP contribution >= 0.6 is 0 Å². The van der Waals surface area contributed by atoms with Crippen LogP contribution in [-0.4, -0.2) is 18.6 Å². The number of hydrogen-bond acceptors (Lipinski definition) is 3. The summed E-state index contributed by atoms with van der Waals surface area (Å²) in [4.78, 5) is 11.0. The van der Waals surface area contributed by atoms with Gasteiger partial charge in [-0.25, -0.2) is 0 Å². The highest BCUT2D eigenvalue weighted by atomic mass is 16.5. The minimum atomic E-state index is -0.589. The van der Waals surface area contributed by atoms with Gasteiger partial charge in [0, 0.05) is 17.8 Å². The molecule has 2 rings (SSSR count). The lowest BCUT2D eigenvalue weighted by Gasteiger charge is -2.22. The van der Waals surface area contributed by atoms with E-state index in [0.29, 0.717) is 0 Å². The summed E-state index contributed by atoms with van der Waals surface area (Å²) in [6.07, 6.45) is 1.47. The van der Waals surface area contributed by atoms with Crippen LogP contribution in [0, 0.1) is 0 Å². The van der Waals surface area contributed by atoms with Crippen molar-refractivity contribution in [3.8, 4) is 5.75 Å². The van der Waals surface area contributed by atoms with E-state index in [1.165, 1.54) is 0 Å². The van der Waals surface area contributed by atoms with Crippen molar-refractivity contribution >= 4 is 11.6 Å². The fourth-order valence-corrected chi connectivity index (χ4v) is 1.84. The Balaban J connectivity index is 2.24. The number of ether oxygens (including phenoxy) is 1. The Kier molecular flexibility index (Phi) is 2.99. The van der Waals surface area contributed by atoms with E-state index in [0.717, 1.165) is 36.4 Å². The van der Waals surface area contributed by atoms with Gasteiger partial charge in [0.15, 0.2) is 6.10 Å². The highest BCUT2D eigenvalue weighted by Crippen LogP contribution is 2.31. The van der Waals surface area contributed by atoms with Crippen molar-refractivity contribution in [1.82, 2.24) is 0 Å². The molecule has 1 aliphatic rings. The van der Waals surface area contributed by atoms with Crippen molar-refractivity contribution in [3.05, 3.63) is 23.8 Å². The zero-order chi connectivity index (χ0) is 11.5. The first-order valence-electron chi connectivity index (χ1n) is 5.50. The molecule has 0 radical (unpaired) electrons. The minimum Gasteiger partial charge on any atom is -0.481 e. The van der Waals surface area contributed by atoms with Crippen LogP contribution in [0.4, 0.5) is 5.69 Å². The molecule has 1 aromatic carbocycles. The van der Waals surface area contributed by atoms with Crippen molar-refractivity contribution in [1.29, 1.82) is 0 Å². The quantitative estimate of drug-likeness (QED) is 0.807. The lowest BCUT2D eigenvalue weighted by Crippen LogP contribution is -2.31. The van der Waals surface area contributed by atoms with Gasteiger partial charge in [0.05, 0.1) is 0 Å². The summed E-state index contributed by atoms with van der Waals surface area (Å²) in [7, 11) is 0. The summed E-state index contributed by atoms with van der Waals surface area (Å²) >= 11 is 0. The minimum absolute atomic E-state index is 0.443. The lowest BCUT2D eigenvalue weighted by atomic mass is 10.0. The molecule has 86 valence electrons. The molecule has 0 aromatic heterocycles. The topological polar surface area (TPSA) is 64.3 Å². The van der Waals surface area contributed by atoms with Crippen molar-refractivity contribution in [2.24, 2.45) is 5.73 Å². The molecule has 0 aliphatic carbocycles. The third kappa shape index (κ3) is 2.10. The third-order valence-electron chi connectivity index (χ3n) is 2.76. The molecule has 0 saturated carbocycles. The number of nitrogens with two attached hydrogens (primary N) is 1. The van der Waals surface area contributed by atoms with Crippen LogP contribution in [0.15, 0.2) is 18.2 Å². The normalized spacial score (nSPS) is 15.8. The fraction of sp³-hybridized carbons (Fsp3) is 0.417. The highest BCUT2D eigenvalue weighted by molar-refractivity contribution is 5.78. The van der Waals surface area contributed by atoms with Gasteiger partial charge in [0.1, 0.15) is 5.75 Å². The smallest absolute Gasteiger partial charge is 0.258 e. The Hall–Kier alpha value is -1.71. The molecule has 3 N–H and O–H groups in total. The second-order valence-corrected chi connectivity index (χ2v) is 3.98. The van der Waals surface area contributed by atoms with E-state index >= 15 is 0 Å². The van der Waals surface area contributed by atoms with E-state index in [-0.39, 0.29) is 0 Å². The van der Waals surface area contributed by atoms with Crippen LogP contribution in [0.25, 0.3) is 0 Å². The van der Waals surface area contributed by atoms with E-state index in [1.807, 2.05) is 18.2 Å². The molecule has 0 spiro atoms. The first-order chi connectivity index (χ1) is 7.68. The number of nitrogens with one attached hydrogen (secondary N) is 1. The van der Waals surface area contributed by atoms with Gasteiger partial charge in [-0.05, 0) is 31.9 Å². The molecule has 1 atom stereocenters. The lowest BCUT2D eigenvalue weighted by molar-refractivity contribution is -0.124. The standard InChI is InChI=1S/C12H16N2O2/c1-8(12(13)15)16-11-6-2-5-10-9(11)4-3-7-14-10/h2,5-6,8,14H,3-4,7H2,1H3,(H2,13,15). The molecule has 1 unspecified atom stereocenters. The summed E-state index contributed by atoms with van der Waals surface area (Å²) in [5.74, 6) is 0.317. The van der Waals surface area contributed by atoms with Gasteiger partial charge in [-0.2, -0.15) is 0 Å². The van der Waals surface area contributed by atoms with Gasteiger partial charge >= 0.3 is 0 Å². The SMILES string of the molecule is CC(Oc1cccc2c1CCCN2)C(N)=O. The van der Waals surface area contributed by atoms with Crippen molar-refractivity contribution in [2.75, 3.05) is 11.9 Å². The Labute approximate surface area is 94.8 Å². The Morgan fingerprint density at radius 3 is 3.12 bits per heavy atom. The number of carbonyl (C=O) groups excluding carboxylic acids is 1. The predicted molar refractivity (Wildman–Crippen MR) is 62.5 cm³/mol. The monoisotopic (exact) mass is 220 g/mol. The number of amides is 1. The van der Waals surface area contributed by atoms with Crippen LogP contribution in [0.2, 0.25) is 0 Å². The van der Waals surface area contributed by atoms with Crippen molar-refractivity contribution in [2.45, 2.75) is 25.9 Å². The Morgan fingerprint density at radius 2 is 2.38 bits per heavy atom. The average Bonchev–Trinajstić information content (AvgIpc) is 2.29. The molecule has 1 heterocycles. The number of fused-ring (bicyclic) bond motifs is 1. The van der Waals surface area contributed by atoms with Gasteiger partial charge in [-0.1, -0.05) is 6.07 Å². The summed E-state index contributed by atoms with van der Waals surface area (Å²) < 4.78 is 5.56. The molecule has 0 saturated heterocycles. The van der Waals surface area contributed by atoms with Crippen LogP contribution in [0.3, 0.4) is 0 Å². The number of rotatable bonds is 3. The van der Waals surface area contributed by atoms with Gasteiger partial charge in [-0.3, -0.25) is 4.79 Å². The number of anilines is 1. The van der Waals surface area contributed by atoms with Crippen LogP contribution in [0.1, 0.15) is 18.9 Å². The maximum Gasteiger partial charge on any atom is 0.258 e. The first-order valence-corrected chi connectivity index (χ1v) is 5.50. The van der Waals surface area contributed by atoms with Gasteiger partial charge < -0.3 is 15.8 Å². The summed E-state index contributed by atoms with van der Waals surface area (Å²) in [6, 6.07) is 5.82. The zero-order valence-corrected chi connectivity index (χ0v) is 9.32. The fourth-order valence-electron chi connectivity index (χ4n) is 1.84. The molecule has 0 fully saturated rings. The molecule has 1 aliphatic heterocycles. The van der Waals surface area contributed by atoms with E-state index in [1.54, 1.807) is 6.92 Å². The zero-order valence-electron chi connectivity index (χ0n) is 9.32. The highest BCUT2D eigenvalue weighted by Gasteiger charge is 2.17. The van der Waals surface area contributed by atoms with Crippen molar-refractivity contribution in [3.63, 3.8) is 0 Å². The molecule has 4 nitrogen and oxygen atoms in total. The molecule has 4 heteroatoms. The van der Waals surface area contributed by atoms with E-state index < -0.39 is 12.0 Å². The van der Waals surface area contributed by atoms with Gasteiger partial charge in [0.25, 0.3) is 5.91 Å². The number of hydrogen-bond donors (Lipinski definition) is 2. The summed E-state index contributed by atoms with van der Waals surface area (Å²) in [6.45, 7) is 2.65. The second kappa shape index (κ2) is 4.43. The van der Waals surface area contributed by atoms with E-state index in [2.05, 4.69) is 5.32 Å². The van der Waals surface area contributed by atoms with Crippen LogP contribution < -0.4 is 15.8 Å². The van der Waals surface area contributed by atoms with Crippen molar-refractivity contribution < 1.29 is 9.53 Å². The number of benzene rings is 1. The molecule has 16 heavy (non-hydrogen) atoms. The maximum absolute atomic E-state index is 11.0. The maximum atomic E-state index is 11.0. The first kappa shape index (κ1) is 10.8. The number of primary amides is 1. The average molecular weight is 220 g/mol. The summed E-state index contributed by atoms with van der Waals surface area (Å²) in [5.41, 5.74) is 7.42. The Morgan fingerprint density at radius 1 is 1.56 bits per heavy atom. The Bertz CT molecular complexity index is 404. The largest absolute Gasteiger partial charge is 0.481 e. The van der Waals surface area contributed by atoms with Crippen LogP contribution in [0.5, 0.6) is 5.75 Å². The molecular weight excluding hydrogens is 204 g/mol. The third-order valence-corrected chi connectivity index (χ3v) is 2.76. The molecule has 1 amide bonds. The molecule has 1 aromatic rings. The van der Waals surface area contributed by atoms with E-state index in [4.69, 9.17) is 10.5 Å². The van der Waals surface area contributed by atoms with E-state index in [9.17, 15) is 4.79 Å². The molecule has 0 bridgehead atoms. The van der Waals surface area contributed by atoms with Gasteiger partial charge in [-0.15, -0.1) is 0 Å².